The minimum absolute atomic E-state index is 0.0896. The van der Waals surface area contributed by atoms with Crippen LogP contribution in [0.25, 0.3) is 0 Å². The highest BCUT2D eigenvalue weighted by Gasteiger charge is 2.34. The summed E-state index contributed by atoms with van der Waals surface area (Å²) in [5, 5.41) is 0.693. The van der Waals surface area contributed by atoms with Crippen molar-refractivity contribution < 1.29 is 4.79 Å². The van der Waals surface area contributed by atoms with Crippen LogP contribution < -0.4 is 0 Å². The molecule has 0 saturated carbocycles. The van der Waals surface area contributed by atoms with Crippen molar-refractivity contribution in [1.29, 1.82) is 0 Å². The molecule has 2 aromatic rings. The second kappa shape index (κ2) is 5.68. The molecule has 0 saturated heterocycles. The van der Waals surface area contributed by atoms with Crippen molar-refractivity contribution in [3.63, 3.8) is 0 Å². The lowest BCUT2D eigenvalue weighted by atomic mass is 9.73. The van der Waals surface area contributed by atoms with Crippen LogP contribution in [0.4, 0.5) is 0 Å². The number of alkyl halides is 1. The van der Waals surface area contributed by atoms with Gasteiger partial charge in [-0.25, -0.2) is 0 Å². The largest absolute Gasteiger partial charge is 0.289 e. The lowest BCUT2D eigenvalue weighted by Gasteiger charge is -2.31. The number of ketones is 1. The minimum Gasteiger partial charge on any atom is -0.289 e. The zero-order chi connectivity index (χ0) is 15.9. The smallest absolute Gasteiger partial charge is 0.190 e. The molecule has 0 fully saturated rings. The first-order chi connectivity index (χ1) is 10.4. The van der Waals surface area contributed by atoms with Crippen LogP contribution in [-0.4, -0.2) is 5.78 Å². The molecule has 0 aliphatic heterocycles. The summed E-state index contributed by atoms with van der Waals surface area (Å²) in [5.74, 6) is 0.0896. The lowest BCUT2D eigenvalue weighted by molar-refractivity contribution is 0.102. The van der Waals surface area contributed by atoms with Crippen molar-refractivity contribution in [3.05, 3.63) is 81.9 Å². The summed E-state index contributed by atoms with van der Waals surface area (Å²) in [6.45, 7) is 4.28. The minimum atomic E-state index is -0.168. The Hall–Kier alpha value is -1.38. The Morgan fingerprint density at radius 3 is 2.36 bits per heavy atom. The van der Waals surface area contributed by atoms with Gasteiger partial charge in [-0.3, -0.25) is 4.79 Å². The third-order valence-corrected chi connectivity index (χ3v) is 5.35. The Morgan fingerprint density at radius 2 is 1.68 bits per heavy atom. The van der Waals surface area contributed by atoms with Gasteiger partial charge >= 0.3 is 0 Å². The molecule has 0 aromatic heterocycles. The molecule has 3 rings (SSSR count). The van der Waals surface area contributed by atoms with Gasteiger partial charge in [0.2, 0.25) is 0 Å². The molecule has 1 atom stereocenters. The van der Waals surface area contributed by atoms with E-state index in [0.717, 1.165) is 22.3 Å². The molecule has 0 amide bonds. The molecule has 0 heterocycles. The summed E-state index contributed by atoms with van der Waals surface area (Å²) in [6, 6.07) is 15.4. The molecular weight excluding hydrogens is 360 g/mol. The van der Waals surface area contributed by atoms with E-state index < -0.39 is 0 Å². The van der Waals surface area contributed by atoms with E-state index in [0.29, 0.717) is 5.02 Å². The Labute approximate surface area is 144 Å². The van der Waals surface area contributed by atoms with E-state index in [1.165, 1.54) is 0 Å². The number of carbonyl (C=O) groups is 1. The Balaban J connectivity index is 2.06. The van der Waals surface area contributed by atoms with Gasteiger partial charge in [0, 0.05) is 21.6 Å². The van der Waals surface area contributed by atoms with Crippen LogP contribution in [0.5, 0.6) is 0 Å². The second-order valence-electron chi connectivity index (χ2n) is 6.11. The first-order valence-corrected chi connectivity index (χ1v) is 8.46. The second-order valence-corrected chi connectivity index (χ2v) is 7.46. The van der Waals surface area contributed by atoms with E-state index >= 15 is 0 Å². The van der Waals surface area contributed by atoms with Crippen LogP contribution in [0.3, 0.4) is 0 Å². The van der Waals surface area contributed by atoms with Crippen molar-refractivity contribution in [1.82, 2.24) is 0 Å². The van der Waals surface area contributed by atoms with Crippen molar-refractivity contribution in [3.8, 4) is 0 Å². The monoisotopic (exact) mass is 374 g/mol. The van der Waals surface area contributed by atoms with Gasteiger partial charge in [-0.2, -0.15) is 0 Å². The van der Waals surface area contributed by atoms with Gasteiger partial charge in [0.1, 0.15) is 0 Å². The lowest BCUT2D eigenvalue weighted by Crippen LogP contribution is -2.27. The van der Waals surface area contributed by atoms with Gasteiger partial charge in [0.05, 0.1) is 4.83 Å². The molecule has 0 unspecified atom stereocenters. The topological polar surface area (TPSA) is 17.1 Å². The predicted molar refractivity (Wildman–Crippen MR) is 95.0 cm³/mol. The van der Waals surface area contributed by atoms with Crippen molar-refractivity contribution in [2.45, 2.75) is 24.1 Å². The van der Waals surface area contributed by atoms with Crippen LogP contribution in [-0.2, 0) is 5.41 Å². The van der Waals surface area contributed by atoms with Crippen LogP contribution in [0.1, 0.15) is 40.2 Å². The standard InChI is InChI=1S/C19H16BrClO/c1-19(2)11-15(17(20)12-7-9-13(21)10-8-12)18(22)14-5-3-4-6-16(14)19/h3-11,17H,1-2H3/t17-/m1/s1. The third kappa shape index (κ3) is 2.66. The highest BCUT2D eigenvalue weighted by atomic mass is 79.9. The molecule has 22 heavy (non-hydrogen) atoms. The van der Waals surface area contributed by atoms with Crippen LogP contribution in [0.2, 0.25) is 5.02 Å². The summed E-state index contributed by atoms with van der Waals surface area (Å²) < 4.78 is 0. The first kappa shape index (κ1) is 15.5. The van der Waals surface area contributed by atoms with Crippen LogP contribution >= 0.6 is 27.5 Å². The summed E-state index contributed by atoms with van der Waals surface area (Å²) in [6.07, 6.45) is 2.08. The van der Waals surface area contributed by atoms with Gasteiger partial charge in [0.25, 0.3) is 0 Å². The first-order valence-electron chi connectivity index (χ1n) is 7.16. The number of carbonyl (C=O) groups excluding carboxylic acids is 1. The quantitative estimate of drug-likeness (QED) is 0.599. The zero-order valence-corrected chi connectivity index (χ0v) is 14.8. The van der Waals surface area contributed by atoms with E-state index in [4.69, 9.17) is 11.6 Å². The number of fused-ring (bicyclic) bond motifs is 1. The van der Waals surface area contributed by atoms with E-state index in [-0.39, 0.29) is 16.0 Å². The number of Topliss-reactive ketones (excluding diaryl/α,β-unsaturated/α-hetero) is 1. The SMILES string of the molecule is CC1(C)C=C([C@H](Br)c2ccc(Cl)cc2)C(=O)c2ccccc21. The van der Waals surface area contributed by atoms with E-state index in [9.17, 15) is 4.79 Å². The normalized spacial score (nSPS) is 17.6. The van der Waals surface area contributed by atoms with Gasteiger partial charge in [-0.05, 0) is 23.3 Å². The fraction of sp³-hybridized carbons (Fsp3) is 0.211. The van der Waals surface area contributed by atoms with Crippen molar-refractivity contribution >= 4 is 33.3 Å². The summed E-state index contributed by atoms with van der Waals surface area (Å²) in [5.41, 5.74) is 3.52. The number of hydrogen-bond donors (Lipinski definition) is 0. The highest BCUT2D eigenvalue weighted by Crippen LogP contribution is 2.42. The molecule has 1 nitrogen and oxygen atoms in total. The number of allylic oxidation sites excluding steroid dienone is 2. The number of hydrogen-bond acceptors (Lipinski definition) is 1. The summed E-state index contributed by atoms with van der Waals surface area (Å²) in [4.78, 5) is 12.7. The van der Waals surface area contributed by atoms with Gasteiger partial charge in [-0.1, -0.05) is 83.9 Å². The van der Waals surface area contributed by atoms with Gasteiger partial charge in [0.15, 0.2) is 5.78 Å². The molecule has 0 radical (unpaired) electrons. The molecule has 1 aliphatic carbocycles. The van der Waals surface area contributed by atoms with Crippen LogP contribution in [0.15, 0.2) is 60.2 Å². The molecule has 0 bridgehead atoms. The number of benzene rings is 2. The van der Waals surface area contributed by atoms with Gasteiger partial charge < -0.3 is 0 Å². The Kier molecular flexibility index (Phi) is 4.00. The predicted octanol–water partition coefficient (Wildman–Crippen LogP) is 5.88. The molecule has 0 spiro atoms. The maximum atomic E-state index is 12.9. The zero-order valence-electron chi connectivity index (χ0n) is 12.4. The number of halogens is 2. The number of rotatable bonds is 2. The van der Waals surface area contributed by atoms with E-state index in [2.05, 4.69) is 35.9 Å². The van der Waals surface area contributed by atoms with Crippen LogP contribution in [0, 0.1) is 0 Å². The molecule has 112 valence electrons. The molecule has 3 heteroatoms. The van der Waals surface area contributed by atoms with Crippen molar-refractivity contribution in [2.75, 3.05) is 0 Å². The molecule has 1 aliphatic rings. The maximum Gasteiger partial charge on any atom is 0.190 e. The molecule has 2 aromatic carbocycles. The Bertz CT molecular complexity index is 759. The Morgan fingerprint density at radius 1 is 1.05 bits per heavy atom. The van der Waals surface area contributed by atoms with Crippen molar-refractivity contribution in [2.24, 2.45) is 0 Å². The summed E-state index contributed by atoms with van der Waals surface area (Å²) >= 11 is 9.63. The third-order valence-electron chi connectivity index (χ3n) is 4.08. The van der Waals surface area contributed by atoms with E-state index in [1.54, 1.807) is 0 Å². The summed E-state index contributed by atoms with van der Waals surface area (Å²) in [7, 11) is 0. The molecule has 0 N–H and O–H groups in total. The van der Waals surface area contributed by atoms with Gasteiger partial charge in [-0.15, -0.1) is 0 Å². The maximum absolute atomic E-state index is 12.9. The fourth-order valence-corrected chi connectivity index (χ4v) is 3.70. The average Bonchev–Trinajstić information content (AvgIpc) is 2.51. The average molecular weight is 376 g/mol. The highest BCUT2D eigenvalue weighted by molar-refractivity contribution is 9.09. The fourth-order valence-electron chi connectivity index (χ4n) is 2.93. The van der Waals surface area contributed by atoms with E-state index in [1.807, 2.05) is 48.5 Å². The molecular formula is C19H16BrClO.